The summed E-state index contributed by atoms with van der Waals surface area (Å²) in [5.41, 5.74) is 0.320. The minimum atomic E-state index is -0.632. The first kappa shape index (κ1) is 16.4. The van der Waals surface area contributed by atoms with Crippen LogP contribution in [0.15, 0.2) is 58.6 Å². The molecule has 0 aliphatic heterocycles. The molecule has 0 atom stereocenters. The van der Waals surface area contributed by atoms with E-state index in [0.717, 1.165) is 4.47 Å². The van der Waals surface area contributed by atoms with Crippen LogP contribution >= 0.6 is 15.9 Å². The van der Waals surface area contributed by atoms with E-state index in [1.54, 1.807) is 36.4 Å². The first-order chi connectivity index (χ1) is 11.0. The zero-order valence-corrected chi connectivity index (χ0v) is 13.3. The van der Waals surface area contributed by atoms with Crippen LogP contribution in [0.4, 0.5) is 11.4 Å². The van der Waals surface area contributed by atoms with Gasteiger partial charge in [-0.05, 0) is 36.4 Å². The standard InChI is InChI=1S/C16H10BrN3O3/c17-13-5-7-14(8-6-13)19-16(21)12(10-18)9-11-3-1-2-4-15(11)20(22)23/h1-9H,(H,19,21)/b12-9-. The van der Waals surface area contributed by atoms with Crippen LogP contribution in [0, 0.1) is 21.4 Å². The molecule has 2 aromatic carbocycles. The van der Waals surface area contributed by atoms with Crippen molar-refractivity contribution in [2.45, 2.75) is 0 Å². The van der Waals surface area contributed by atoms with Gasteiger partial charge in [-0.3, -0.25) is 14.9 Å². The molecule has 1 N–H and O–H groups in total. The number of para-hydroxylation sites is 1. The van der Waals surface area contributed by atoms with Crippen LogP contribution in [0.5, 0.6) is 0 Å². The van der Waals surface area contributed by atoms with Gasteiger partial charge in [0.05, 0.1) is 10.5 Å². The number of halogens is 1. The molecule has 1 amide bonds. The molecule has 0 aliphatic carbocycles. The van der Waals surface area contributed by atoms with Crippen LogP contribution in [0.1, 0.15) is 5.56 Å². The molecule has 0 unspecified atom stereocenters. The predicted molar refractivity (Wildman–Crippen MR) is 89.5 cm³/mol. The normalized spacial score (nSPS) is 10.7. The number of nitrogens with one attached hydrogen (secondary N) is 1. The number of carbonyl (C=O) groups is 1. The molecule has 2 rings (SSSR count). The minimum Gasteiger partial charge on any atom is -0.321 e. The molecular formula is C16H10BrN3O3. The number of nitro groups is 1. The molecule has 0 aliphatic rings. The van der Waals surface area contributed by atoms with Crippen LogP contribution in [-0.4, -0.2) is 10.8 Å². The first-order valence-corrected chi connectivity index (χ1v) is 7.22. The number of rotatable bonds is 4. The Labute approximate surface area is 140 Å². The van der Waals surface area contributed by atoms with Crippen molar-refractivity contribution >= 4 is 39.3 Å². The highest BCUT2D eigenvalue weighted by molar-refractivity contribution is 9.10. The predicted octanol–water partition coefficient (Wildman–Crippen LogP) is 3.90. The summed E-state index contributed by atoms with van der Waals surface area (Å²) in [5.74, 6) is -0.632. The number of amides is 1. The largest absolute Gasteiger partial charge is 0.321 e. The van der Waals surface area contributed by atoms with Crippen LogP contribution in [0.25, 0.3) is 6.08 Å². The van der Waals surface area contributed by atoms with E-state index in [2.05, 4.69) is 21.2 Å². The second-order valence-electron chi connectivity index (χ2n) is 4.45. The lowest BCUT2D eigenvalue weighted by Crippen LogP contribution is -2.13. The van der Waals surface area contributed by atoms with E-state index < -0.39 is 10.8 Å². The Bertz CT molecular complexity index is 823. The van der Waals surface area contributed by atoms with E-state index in [9.17, 15) is 14.9 Å². The Kier molecular flexibility index (Phi) is 5.23. The molecule has 23 heavy (non-hydrogen) atoms. The van der Waals surface area contributed by atoms with Crippen molar-refractivity contribution in [1.29, 1.82) is 5.26 Å². The zero-order chi connectivity index (χ0) is 16.8. The molecule has 0 bridgehead atoms. The average Bonchev–Trinajstić information content (AvgIpc) is 2.54. The van der Waals surface area contributed by atoms with E-state index in [1.807, 2.05) is 0 Å². The van der Waals surface area contributed by atoms with Gasteiger partial charge in [0, 0.05) is 16.2 Å². The topological polar surface area (TPSA) is 96.0 Å². The number of hydrogen-bond acceptors (Lipinski definition) is 4. The van der Waals surface area contributed by atoms with Crippen LogP contribution in [0.2, 0.25) is 0 Å². The van der Waals surface area contributed by atoms with Gasteiger partial charge in [0.25, 0.3) is 11.6 Å². The fourth-order valence-corrected chi connectivity index (χ4v) is 2.08. The quantitative estimate of drug-likeness (QED) is 0.381. The van der Waals surface area contributed by atoms with E-state index >= 15 is 0 Å². The molecule has 114 valence electrons. The lowest BCUT2D eigenvalue weighted by Gasteiger charge is -2.04. The second kappa shape index (κ2) is 7.33. The zero-order valence-electron chi connectivity index (χ0n) is 11.7. The van der Waals surface area contributed by atoms with Gasteiger partial charge in [0.2, 0.25) is 0 Å². The smallest absolute Gasteiger partial charge is 0.276 e. The highest BCUT2D eigenvalue weighted by Crippen LogP contribution is 2.21. The molecule has 0 spiro atoms. The number of hydrogen-bond donors (Lipinski definition) is 1. The number of nitriles is 1. The molecule has 7 heteroatoms. The molecule has 0 heterocycles. The summed E-state index contributed by atoms with van der Waals surface area (Å²) in [6, 6.07) is 14.5. The number of benzene rings is 2. The van der Waals surface area contributed by atoms with Gasteiger partial charge in [-0.15, -0.1) is 0 Å². The van der Waals surface area contributed by atoms with E-state index in [1.165, 1.54) is 24.3 Å². The Hall–Kier alpha value is -2.98. The molecule has 0 radical (unpaired) electrons. The maximum atomic E-state index is 12.1. The van der Waals surface area contributed by atoms with Crippen molar-refractivity contribution in [3.8, 4) is 6.07 Å². The van der Waals surface area contributed by atoms with Gasteiger partial charge >= 0.3 is 0 Å². The second-order valence-corrected chi connectivity index (χ2v) is 5.36. The van der Waals surface area contributed by atoms with Gasteiger partial charge < -0.3 is 5.32 Å². The van der Waals surface area contributed by atoms with Gasteiger partial charge in [-0.1, -0.05) is 28.1 Å². The van der Waals surface area contributed by atoms with Crippen LogP contribution in [0.3, 0.4) is 0 Å². The van der Waals surface area contributed by atoms with E-state index in [0.29, 0.717) is 5.69 Å². The maximum absolute atomic E-state index is 12.1. The average molecular weight is 372 g/mol. The third-order valence-corrected chi connectivity index (χ3v) is 3.43. The summed E-state index contributed by atoms with van der Waals surface area (Å²) in [6.45, 7) is 0. The lowest BCUT2D eigenvalue weighted by molar-refractivity contribution is -0.385. The van der Waals surface area contributed by atoms with E-state index in [4.69, 9.17) is 5.26 Å². The number of carbonyl (C=O) groups excluding carboxylic acids is 1. The Morgan fingerprint density at radius 3 is 2.48 bits per heavy atom. The molecular weight excluding hydrogens is 362 g/mol. The number of nitro benzene ring substituents is 1. The van der Waals surface area contributed by atoms with Crippen molar-refractivity contribution in [2.24, 2.45) is 0 Å². The summed E-state index contributed by atoms with van der Waals surface area (Å²) in [4.78, 5) is 22.5. The first-order valence-electron chi connectivity index (χ1n) is 6.43. The van der Waals surface area contributed by atoms with Gasteiger partial charge in [0.1, 0.15) is 11.6 Å². The molecule has 0 aromatic heterocycles. The molecule has 0 fully saturated rings. The molecule has 2 aromatic rings. The fourth-order valence-electron chi connectivity index (χ4n) is 1.81. The van der Waals surface area contributed by atoms with Crippen LogP contribution in [-0.2, 0) is 4.79 Å². The summed E-state index contributed by atoms with van der Waals surface area (Å²) < 4.78 is 0.853. The van der Waals surface area contributed by atoms with Crippen molar-refractivity contribution in [3.05, 3.63) is 74.3 Å². The van der Waals surface area contributed by atoms with Crippen molar-refractivity contribution < 1.29 is 9.72 Å². The Balaban J connectivity index is 2.29. The molecule has 0 saturated carbocycles. The Morgan fingerprint density at radius 1 is 1.22 bits per heavy atom. The van der Waals surface area contributed by atoms with Gasteiger partial charge in [-0.25, -0.2) is 0 Å². The summed E-state index contributed by atoms with van der Waals surface area (Å²) in [6.07, 6.45) is 1.20. The third kappa shape index (κ3) is 4.25. The monoisotopic (exact) mass is 371 g/mol. The fraction of sp³-hybridized carbons (Fsp3) is 0. The lowest BCUT2D eigenvalue weighted by atomic mass is 10.1. The van der Waals surface area contributed by atoms with Crippen molar-refractivity contribution in [2.75, 3.05) is 5.32 Å². The molecule has 6 nitrogen and oxygen atoms in total. The summed E-state index contributed by atoms with van der Waals surface area (Å²) >= 11 is 3.28. The highest BCUT2D eigenvalue weighted by atomic mass is 79.9. The van der Waals surface area contributed by atoms with Crippen molar-refractivity contribution in [1.82, 2.24) is 0 Å². The van der Waals surface area contributed by atoms with Gasteiger partial charge in [0.15, 0.2) is 0 Å². The van der Waals surface area contributed by atoms with E-state index in [-0.39, 0.29) is 16.8 Å². The highest BCUT2D eigenvalue weighted by Gasteiger charge is 2.15. The summed E-state index contributed by atoms with van der Waals surface area (Å²) in [7, 11) is 0. The minimum absolute atomic E-state index is 0.170. The third-order valence-electron chi connectivity index (χ3n) is 2.90. The molecule has 0 saturated heterocycles. The summed E-state index contributed by atoms with van der Waals surface area (Å²) in [5, 5.41) is 22.7. The van der Waals surface area contributed by atoms with Crippen LogP contribution < -0.4 is 5.32 Å². The number of nitrogens with zero attached hydrogens (tertiary/aromatic N) is 2. The SMILES string of the molecule is N#C/C(=C/c1ccccc1[N+](=O)[O-])C(=O)Nc1ccc(Br)cc1. The number of anilines is 1. The maximum Gasteiger partial charge on any atom is 0.276 e. The van der Waals surface area contributed by atoms with Gasteiger partial charge in [-0.2, -0.15) is 5.26 Å². The van der Waals surface area contributed by atoms with Crippen molar-refractivity contribution in [3.63, 3.8) is 0 Å². The Morgan fingerprint density at radius 2 is 1.87 bits per heavy atom.